The van der Waals surface area contributed by atoms with Gasteiger partial charge in [-0.05, 0) is 283 Å². The molecule has 0 unspecified atom stereocenters. The first-order chi connectivity index (χ1) is 72.2. The molecule has 0 amide bonds. The van der Waals surface area contributed by atoms with Gasteiger partial charge in [0.05, 0.1) is 11.2 Å². The van der Waals surface area contributed by atoms with E-state index >= 15 is 0 Å². The molecule has 10 heteroatoms. The van der Waals surface area contributed by atoms with Gasteiger partial charge in [0.25, 0.3) is 0 Å². The third kappa shape index (κ3) is 18.6. The molecular weight excluding hydrogens is 1850 g/mol. The topological polar surface area (TPSA) is 104 Å². The van der Waals surface area contributed by atoms with E-state index in [9.17, 15) is 0 Å². The number of fused-ring (bicyclic) bond motifs is 6. The van der Waals surface area contributed by atoms with Crippen LogP contribution in [0.4, 0.5) is 0 Å². The van der Waals surface area contributed by atoms with Crippen molar-refractivity contribution in [3.8, 4) is 112 Å². The largest absolute Gasteiger partial charge is 0.486 e. The SMILES string of the molecule is [2H]C([2H])([2H])c1c[c-]c(-c2ccc(C([2H])([2H])[2H])cn2)cc1.[2H]C([2H])([2H])c1ccc(-c2ccc(-c3cc(C)c(-c4cc(-c5[c-]ccc6c5oc5nc(C([2H])([2H])[2H])ccc56)ncc4C([2H])([2H])[2H])c(C([2H])([2H])[2H])c3)c(C)c2)c(C([2H])([2H])[2H])c1.[2H]C([2H])([2H])c1ccc2c(n1)oc1c(-c3cc(-c4c(C)cc(-c5c(C(C)C)cccc5C(C)C)cc4C([2H])([2H])[2H])c(C([2H])([2H])[2H])cn3)[c-]ccc12.[2H]C([2H])([2H])c1cnc(-c2[c-]cc(C([2H])([2H])[2H])c(-c3ccccc3)c2)cc1C.[Ir].[Ir]. The molecule has 0 fully saturated rings. The molecule has 614 valence electrons. The number of aryl methyl sites for hydroxylation is 16. The molecule has 0 aliphatic heterocycles. The second kappa shape index (κ2) is 37.6. The molecule has 0 aliphatic carbocycles. The predicted molar refractivity (Wildman–Crippen MR) is 501 cm³/mol. The van der Waals surface area contributed by atoms with E-state index in [2.05, 4.69) is 94.0 Å². The first-order valence-corrected chi connectivity index (χ1v) is 38.5. The molecule has 8 aromatic heterocycles. The van der Waals surface area contributed by atoms with Crippen molar-refractivity contribution in [1.29, 1.82) is 0 Å². The first-order valence-electron chi connectivity index (χ1n) is 56.5. The number of rotatable bonds is 12. The van der Waals surface area contributed by atoms with E-state index < -0.39 is 82.2 Å². The average Bonchev–Trinajstić information content (AvgIpc) is 1.10. The van der Waals surface area contributed by atoms with Crippen molar-refractivity contribution in [3.05, 3.63) is 368 Å². The van der Waals surface area contributed by atoms with Gasteiger partial charge in [-0.25, -0.2) is 9.97 Å². The van der Waals surface area contributed by atoms with Crippen molar-refractivity contribution in [1.82, 2.24) is 29.9 Å². The second-order valence-corrected chi connectivity index (χ2v) is 29.9. The molecule has 8 nitrogen and oxygen atoms in total. The van der Waals surface area contributed by atoms with Crippen LogP contribution in [-0.2, 0) is 40.2 Å². The Morgan fingerprint density at radius 3 is 1.37 bits per heavy atom. The Balaban J connectivity index is 0.000000187. The predicted octanol–water partition coefficient (Wildman–Crippen LogP) is 30.0. The summed E-state index contributed by atoms with van der Waals surface area (Å²) in [6, 6.07) is 72.1. The van der Waals surface area contributed by atoms with Gasteiger partial charge in [0, 0.05) is 137 Å². The number of nitrogens with zero attached hydrogens (tertiary/aromatic N) is 6. The first kappa shape index (κ1) is 52.4. The van der Waals surface area contributed by atoms with Gasteiger partial charge in [-0.2, -0.15) is 0 Å². The molecule has 0 bridgehead atoms. The van der Waals surface area contributed by atoms with Gasteiger partial charge in [0.15, 0.2) is 0 Å². The molecular formula is C112H102Ir2N6O2-4. The van der Waals surface area contributed by atoms with E-state index in [4.69, 9.17) is 58.2 Å². The van der Waals surface area contributed by atoms with Crippen molar-refractivity contribution >= 4 is 44.1 Å². The van der Waals surface area contributed by atoms with E-state index in [1.807, 2.05) is 49.4 Å². The van der Waals surface area contributed by atoms with Crippen LogP contribution in [0, 0.1) is 134 Å². The molecule has 18 aromatic rings. The quantitative estimate of drug-likeness (QED) is 0.111. The van der Waals surface area contributed by atoms with Gasteiger partial charge >= 0.3 is 0 Å². The number of furan rings is 2. The third-order valence-electron chi connectivity index (χ3n) is 20.9. The standard InChI is InChI=1S/C41H35N2O.C38H37N2O.C20H18N.C13H12N.2Ir/c1-23-11-14-32(24(2)17-23)30-13-16-33(25(3)18-30)31-19-26(4)39(27(5)20-31)37-21-38(42-22-28(37)6)36-10-8-9-34-35-15-12-29(7)43-41(35)44-40(34)36;1-21(2)28-11-9-12-29(22(3)4)36(28)27-17-23(5)35(24(6)18-27)33-19-34(39-20-25(33)7)32-14-10-13-30-31-16-15-26(8)40-38(31)41-37(30)32;1-14-9-10-18(20-11-15(2)16(3)13-21-20)12-19(14)17-7-5-4-6-8-17;1-10-3-6-12(7-4-10)13-8-5-11(2)9-14-13;;/h8-9,11-22H,1-7H3;9-13,15-22H,1-8H3;4-9,11-13H,1-3H3;3-6,8-9H,1-2H3;;/q4*-1;;/i1D3,2D3,4D3,6D3,7D3;5D3,7D3,8D3;1D3,3D3;1D3,2D3;;. The fourth-order valence-corrected chi connectivity index (χ4v) is 15.0. The van der Waals surface area contributed by atoms with E-state index in [1.54, 1.807) is 118 Å². The molecule has 0 spiro atoms. The summed E-state index contributed by atoms with van der Waals surface area (Å²) in [5.74, 6) is 0.356. The summed E-state index contributed by atoms with van der Waals surface area (Å²) >= 11 is 0. The van der Waals surface area contributed by atoms with E-state index in [0.29, 0.717) is 122 Å². The van der Waals surface area contributed by atoms with Crippen LogP contribution in [0.2, 0.25) is 0 Å². The normalized spacial score (nSPS) is 16.7. The summed E-state index contributed by atoms with van der Waals surface area (Å²) < 4.78 is 299. The van der Waals surface area contributed by atoms with E-state index in [0.717, 1.165) is 27.8 Å². The molecule has 8 heterocycles. The van der Waals surface area contributed by atoms with Gasteiger partial charge in [0.2, 0.25) is 11.4 Å². The number of benzene rings is 10. The Hall–Kier alpha value is -12.0. The minimum Gasteiger partial charge on any atom is -0.486 e. The van der Waals surface area contributed by atoms with Gasteiger partial charge in [-0.15, -0.1) is 101 Å². The van der Waals surface area contributed by atoms with Gasteiger partial charge in [0.1, 0.15) is 0 Å². The summed E-state index contributed by atoms with van der Waals surface area (Å²) in [5, 5.41) is 2.39. The average molecular weight is 1980 g/mol. The Morgan fingerprint density at radius 1 is 0.303 bits per heavy atom. The van der Waals surface area contributed by atoms with Gasteiger partial charge < -0.3 is 28.8 Å². The molecule has 2 radical (unpaired) electrons. The van der Waals surface area contributed by atoms with E-state index in [-0.39, 0.29) is 158 Å². The minimum absolute atomic E-state index is 0. The second-order valence-electron chi connectivity index (χ2n) is 29.9. The number of hydrogen-bond acceptors (Lipinski definition) is 8. The molecule has 0 N–H and O–H groups in total. The van der Waals surface area contributed by atoms with E-state index in [1.165, 1.54) is 91.5 Å². The number of aromatic nitrogens is 6. The van der Waals surface area contributed by atoms with Crippen LogP contribution in [0.15, 0.2) is 252 Å². The van der Waals surface area contributed by atoms with Crippen LogP contribution in [0.25, 0.3) is 156 Å². The summed E-state index contributed by atoms with van der Waals surface area (Å²) in [7, 11) is 0. The van der Waals surface area contributed by atoms with Crippen molar-refractivity contribution in [2.75, 3.05) is 0 Å². The van der Waals surface area contributed by atoms with Crippen LogP contribution in [-0.4, -0.2) is 29.9 Å². The summed E-state index contributed by atoms with van der Waals surface area (Å²) in [6.07, 6.45) is 5.11. The summed E-state index contributed by atoms with van der Waals surface area (Å²) in [5.41, 5.74) is 14.9. The fourth-order valence-electron chi connectivity index (χ4n) is 15.0. The summed E-state index contributed by atoms with van der Waals surface area (Å²) in [4.78, 5) is 25.8. The van der Waals surface area contributed by atoms with Gasteiger partial charge in [-0.3, -0.25) is 0 Å². The van der Waals surface area contributed by atoms with Crippen molar-refractivity contribution in [2.24, 2.45) is 0 Å². The fraction of sp³-hybridized carbons (Fsp3) is 0.196. The van der Waals surface area contributed by atoms with Crippen LogP contribution < -0.4 is 0 Å². The third-order valence-corrected chi connectivity index (χ3v) is 20.9. The molecule has 0 saturated carbocycles. The van der Waals surface area contributed by atoms with Crippen molar-refractivity contribution in [3.63, 3.8) is 0 Å². The van der Waals surface area contributed by atoms with Crippen LogP contribution in [0.3, 0.4) is 0 Å². The Bertz CT molecular complexity index is 8320. The number of hydrogen-bond donors (Lipinski definition) is 0. The maximum Gasteiger partial charge on any atom is 0.216 e. The molecule has 0 saturated heterocycles. The minimum atomic E-state index is -2.73. The molecule has 0 atom stereocenters. The molecule has 10 aromatic carbocycles. The van der Waals surface area contributed by atoms with Crippen LogP contribution >= 0.6 is 0 Å². The van der Waals surface area contributed by atoms with Crippen LogP contribution in [0.5, 0.6) is 0 Å². The zero-order valence-corrected chi connectivity index (χ0v) is 72.2. The molecule has 18 rings (SSSR count). The zero-order chi connectivity index (χ0) is 114. The molecule has 0 aliphatic rings. The summed E-state index contributed by atoms with van der Waals surface area (Å²) in [6.45, 7) is -14.0. The number of pyridine rings is 6. The Kier molecular flexibility index (Phi) is 16.1. The Labute approximate surface area is 797 Å². The van der Waals surface area contributed by atoms with Crippen molar-refractivity contribution < 1.29 is 98.4 Å². The monoisotopic (exact) mass is 1980 g/mol. The zero-order valence-electron chi connectivity index (χ0n) is 103. The Morgan fingerprint density at radius 2 is 0.828 bits per heavy atom. The maximum absolute atomic E-state index is 8.68. The molecule has 122 heavy (non-hydrogen) atoms. The van der Waals surface area contributed by atoms with Gasteiger partial charge in [-0.1, -0.05) is 220 Å². The van der Waals surface area contributed by atoms with Crippen molar-refractivity contribution in [2.45, 2.75) is 149 Å². The van der Waals surface area contributed by atoms with Crippen LogP contribution in [0.1, 0.15) is 189 Å². The maximum atomic E-state index is 8.68. The smallest absolute Gasteiger partial charge is 0.216 e.